The smallest absolute Gasteiger partial charge is 0.280 e. The number of aryl methyl sites for hydroxylation is 4. The van der Waals surface area contributed by atoms with Crippen molar-refractivity contribution in [3.8, 4) is 0 Å². The zero-order valence-corrected chi connectivity index (χ0v) is 63.0. The van der Waals surface area contributed by atoms with Crippen LogP contribution < -0.4 is 87.7 Å². The number of H-pyrrole nitrogens is 4. The summed E-state index contributed by atoms with van der Waals surface area (Å²) in [7, 11) is 0. The molecular weight excluding hydrogens is 1460 g/mol. The van der Waals surface area contributed by atoms with E-state index in [2.05, 4.69) is 102 Å². The molecule has 1 saturated heterocycles. The number of amides is 8. The summed E-state index contributed by atoms with van der Waals surface area (Å²) in [6, 6.07) is 0. The Balaban J connectivity index is 0.757. The number of rotatable bonds is 44. The molecule has 9 heterocycles. The number of aromatic nitrogens is 16. The minimum absolute atomic E-state index is 0.00855. The molecule has 8 amide bonds. The molecule has 0 saturated carbocycles. The standard InChI is InChI=1S/C68H104N32O12/c69-65-85-57-53(61(109)89-65)81-41-97(57)25-9-1-5-13-45(101)73-17-21-77-49(105)37-93-29-31-94(38-50(106)78-22-18-74-46(102)14-6-2-10-26-98-42-82-54-58(98)86-66(70)90-62(54)110)33-35-96(40-52(108)80-24-20-76-48(104)16-8-4-12-28-100-44-84-56-60(100)88-68(72)92-64(56)112)36-34-95(32-30-93)39-51(107)79-23-19-75-47(103)15-7-3-11-27-99-43-83-55-59(99)87-67(71)91-63(55)111/h41-44H,1-40H2,(H,73,101)(H,74,102)(H,75,103)(H,76,104)(H,77,105)(H,78,106)(H,79,107)(H,80,108)(H3,69,85,89,109)(H3,70,86,90,110)(H3,71,87,91,111)(H3,72,88,92,112). The van der Waals surface area contributed by atoms with Crippen LogP contribution in [0.3, 0.4) is 0 Å². The number of hydrogen-bond donors (Lipinski definition) is 16. The zero-order chi connectivity index (χ0) is 79.7. The number of carbonyl (C=O) groups excluding carboxylic acids is 8. The third-order valence-corrected chi connectivity index (χ3v) is 18.7. The van der Waals surface area contributed by atoms with E-state index < -0.39 is 22.2 Å². The molecule has 20 N–H and O–H groups in total. The van der Waals surface area contributed by atoms with Gasteiger partial charge in [0.2, 0.25) is 71.1 Å². The van der Waals surface area contributed by atoms with Crippen LogP contribution in [0.5, 0.6) is 0 Å². The number of carbonyl (C=O) groups is 8. The van der Waals surface area contributed by atoms with Gasteiger partial charge in [0.25, 0.3) is 22.2 Å². The maximum absolute atomic E-state index is 13.8. The molecule has 0 spiro atoms. The van der Waals surface area contributed by atoms with Crippen molar-refractivity contribution in [1.29, 1.82) is 0 Å². The van der Waals surface area contributed by atoms with Crippen molar-refractivity contribution >= 4 is 116 Å². The van der Waals surface area contributed by atoms with Gasteiger partial charge in [-0.15, -0.1) is 0 Å². The molecule has 8 aromatic heterocycles. The van der Waals surface area contributed by atoms with Crippen LogP contribution in [0.25, 0.3) is 44.7 Å². The minimum Gasteiger partial charge on any atom is -0.369 e. The summed E-state index contributed by atoms with van der Waals surface area (Å²) >= 11 is 0. The average molecular weight is 1560 g/mol. The largest absolute Gasteiger partial charge is 0.369 e. The van der Waals surface area contributed by atoms with Gasteiger partial charge in [-0.25, -0.2) is 19.9 Å². The summed E-state index contributed by atoms with van der Waals surface area (Å²) in [5.41, 5.74) is 23.5. The Morgan fingerprint density at radius 1 is 0.286 bits per heavy atom. The van der Waals surface area contributed by atoms with Gasteiger partial charge in [0.15, 0.2) is 44.7 Å². The van der Waals surface area contributed by atoms with E-state index in [1.807, 2.05) is 19.6 Å². The number of nitrogens with one attached hydrogen (secondary N) is 12. The number of aromatic amines is 4. The van der Waals surface area contributed by atoms with E-state index >= 15 is 0 Å². The second-order valence-electron chi connectivity index (χ2n) is 27.4. The normalized spacial score (nSPS) is 13.6. The highest BCUT2D eigenvalue weighted by Crippen LogP contribution is 2.15. The molecule has 1 fully saturated rings. The van der Waals surface area contributed by atoms with Gasteiger partial charge < -0.3 is 83.7 Å². The van der Waals surface area contributed by atoms with E-state index in [0.717, 1.165) is 0 Å². The molecule has 44 nitrogen and oxygen atoms in total. The minimum atomic E-state index is -0.423. The number of unbranched alkanes of at least 4 members (excludes halogenated alkanes) is 8. The number of imidazole rings is 4. The number of nitrogens with zero attached hydrogens (tertiary/aromatic N) is 16. The number of fused-ring (bicyclic) bond motifs is 4. The third-order valence-electron chi connectivity index (χ3n) is 18.7. The molecule has 608 valence electrons. The monoisotopic (exact) mass is 1560 g/mol. The van der Waals surface area contributed by atoms with Crippen LogP contribution in [0, 0.1) is 0 Å². The molecule has 0 aromatic carbocycles. The van der Waals surface area contributed by atoms with E-state index in [4.69, 9.17) is 22.9 Å². The van der Waals surface area contributed by atoms with Crippen molar-refractivity contribution in [1.82, 2.24) is 140 Å². The maximum Gasteiger partial charge on any atom is 0.280 e. The highest BCUT2D eigenvalue weighted by molar-refractivity contribution is 5.81. The molecule has 0 bridgehead atoms. The fourth-order valence-corrected chi connectivity index (χ4v) is 12.7. The predicted octanol–water partition coefficient (Wildman–Crippen LogP) is -4.76. The summed E-state index contributed by atoms with van der Waals surface area (Å²) in [6.07, 6.45) is 15.1. The van der Waals surface area contributed by atoms with Crippen molar-refractivity contribution in [2.24, 2.45) is 0 Å². The van der Waals surface area contributed by atoms with Gasteiger partial charge in [-0.3, -0.25) is 97.1 Å². The Labute approximate surface area is 641 Å². The summed E-state index contributed by atoms with van der Waals surface area (Å²) < 4.78 is 6.98. The van der Waals surface area contributed by atoms with E-state index in [1.54, 1.807) is 18.3 Å². The number of nitrogen functional groups attached to an aromatic ring is 4. The van der Waals surface area contributed by atoms with Crippen molar-refractivity contribution in [2.45, 2.75) is 129 Å². The lowest BCUT2D eigenvalue weighted by Crippen LogP contribution is -2.52. The van der Waals surface area contributed by atoms with Crippen molar-refractivity contribution < 1.29 is 38.4 Å². The molecule has 112 heavy (non-hydrogen) atoms. The Hall–Kier alpha value is -11.8. The van der Waals surface area contributed by atoms with Crippen LogP contribution in [0.2, 0.25) is 0 Å². The predicted molar refractivity (Wildman–Crippen MR) is 414 cm³/mol. The SMILES string of the molecule is Nc1nc2c(ncn2CCCCCC(=O)NCCNC(=O)CN2CCN(CC(=O)NCCNC(=O)CCCCCn3cnc4c(=O)[nH]c(N)nc43)CCN(CC(=O)NCCNC(=O)CCCCCn3cnc4c(=O)[nH]c(N)nc43)CCN(CC(=O)NCCNC(=O)CCCCCn3cnc4c(=O)[nH]c(N)nc43)CC2)c(=O)[nH]1. The molecular formula is C68H104N32O12. The van der Waals surface area contributed by atoms with Gasteiger partial charge in [-0.1, -0.05) is 25.7 Å². The lowest BCUT2D eigenvalue weighted by Gasteiger charge is -2.33. The van der Waals surface area contributed by atoms with E-state index in [0.29, 0.717) is 178 Å². The van der Waals surface area contributed by atoms with Crippen molar-refractivity contribution in [2.75, 3.05) is 154 Å². The summed E-state index contributed by atoms with van der Waals surface area (Å²) in [4.78, 5) is 206. The number of hydrogen-bond acceptors (Lipinski definition) is 28. The molecule has 0 radical (unpaired) electrons. The molecule has 9 rings (SSSR count). The van der Waals surface area contributed by atoms with Crippen LogP contribution in [-0.2, 0) is 64.5 Å². The fourth-order valence-electron chi connectivity index (χ4n) is 12.7. The average Bonchev–Trinajstić information content (AvgIpc) is 1.68. The van der Waals surface area contributed by atoms with Gasteiger partial charge in [-0.05, 0) is 51.4 Å². The Morgan fingerprint density at radius 2 is 0.473 bits per heavy atom. The first-order valence-corrected chi connectivity index (χ1v) is 38.0. The molecule has 8 aromatic rings. The van der Waals surface area contributed by atoms with E-state index in [-0.39, 0.29) is 197 Å². The highest BCUT2D eigenvalue weighted by Gasteiger charge is 2.24. The lowest BCUT2D eigenvalue weighted by molar-refractivity contribution is -0.125. The molecule has 0 unspecified atom stereocenters. The summed E-state index contributed by atoms with van der Waals surface area (Å²) in [6.45, 7) is 5.42. The molecule has 44 heteroatoms. The molecule has 0 atom stereocenters. The maximum atomic E-state index is 13.8. The Kier molecular flexibility index (Phi) is 32.8. The highest BCUT2D eigenvalue weighted by atomic mass is 16.2. The first-order valence-electron chi connectivity index (χ1n) is 38.0. The van der Waals surface area contributed by atoms with Gasteiger partial charge in [0.05, 0.1) is 51.5 Å². The van der Waals surface area contributed by atoms with Gasteiger partial charge >= 0.3 is 0 Å². The zero-order valence-electron chi connectivity index (χ0n) is 63.0. The quantitative estimate of drug-likeness (QED) is 0.0159. The number of nitrogens with two attached hydrogens (primary N) is 4. The molecule has 1 aliphatic heterocycles. The van der Waals surface area contributed by atoms with Crippen LogP contribution in [0.1, 0.15) is 103 Å². The van der Waals surface area contributed by atoms with Crippen LogP contribution in [0.15, 0.2) is 44.5 Å². The first kappa shape index (κ1) is 84.2. The fraction of sp³-hybridized carbons (Fsp3) is 0.588. The van der Waals surface area contributed by atoms with Crippen LogP contribution in [0.4, 0.5) is 23.8 Å². The second-order valence-corrected chi connectivity index (χ2v) is 27.4. The van der Waals surface area contributed by atoms with Gasteiger partial charge in [-0.2, -0.15) is 19.9 Å². The van der Waals surface area contributed by atoms with E-state index in [1.165, 1.54) is 25.3 Å². The Morgan fingerprint density at radius 3 is 0.670 bits per heavy atom. The second kappa shape index (κ2) is 43.6. The van der Waals surface area contributed by atoms with Gasteiger partial charge in [0.1, 0.15) is 0 Å². The third kappa shape index (κ3) is 27.3. The first-order chi connectivity index (χ1) is 54.1. The topological polar surface area (TPSA) is 604 Å². The lowest BCUT2D eigenvalue weighted by atomic mass is 10.2. The summed E-state index contributed by atoms with van der Waals surface area (Å²) in [5, 5.41) is 23.1. The van der Waals surface area contributed by atoms with Crippen LogP contribution >= 0.6 is 0 Å². The van der Waals surface area contributed by atoms with Crippen molar-refractivity contribution in [3.63, 3.8) is 0 Å². The molecule has 0 aliphatic carbocycles. The summed E-state index contributed by atoms with van der Waals surface area (Å²) in [5.74, 6) is -2.07. The van der Waals surface area contributed by atoms with E-state index in [9.17, 15) is 57.5 Å². The van der Waals surface area contributed by atoms with Crippen LogP contribution in [-0.4, -0.2) is 276 Å². The molecule has 1 aliphatic rings. The Bertz CT molecular complexity index is 4130. The number of anilines is 4. The van der Waals surface area contributed by atoms with Gasteiger partial charge in [0, 0.05) is 157 Å². The van der Waals surface area contributed by atoms with Crippen molar-refractivity contribution in [3.05, 3.63) is 66.7 Å².